The number of halogens is 1. The minimum atomic E-state index is -0.699. The molecule has 2 saturated heterocycles. The maximum atomic E-state index is 15.3. The van der Waals surface area contributed by atoms with Crippen molar-refractivity contribution in [3.63, 3.8) is 0 Å². The molecule has 40 heavy (non-hydrogen) atoms. The number of nitrogens with zero attached hydrogens (tertiary/aromatic N) is 2. The number of piperidine rings is 2. The van der Waals surface area contributed by atoms with E-state index in [-0.39, 0.29) is 36.5 Å². The first kappa shape index (κ1) is 26.2. The molecule has 2 fully saturated rings. The van der Waals surface area contributed by atoms with E-state index in [1.165, 1.54) is 16.5 Å². The third-order valence-corrected chi connectivity index (χ3v) is 8.22. The summed E-state index contributed by atoms with van der Waals surface area (Å²) in [5.74, 6) is -0.578. The normalized spacial score (nSPS) is 20.0. The molecule has 1 atom stereocenters. The van der Waals surface area contributed by atoms with Gasteiger partial charge in [0.05, 0.1) is 0 Å². The minimum absolute atomic E-state index is 0.0712. The zero-order valence-corrected chi connectivity index (χ0v) is 22.3. The zero-order valence-electron chi connectivity index (χ0n) is 22.3. The first-order valence-corrected chi connectivity index (χ1v) is 13.9. The van der Waals surface area contributed by atoms with E-state index in [0.29, 0.717) is 24.2 Å². The maximum absolute atomic E-state index is 15.3. The molecule has 0 aliphatic carbocycles. The second-order valence-electron chi connectivity index (χ2n) is 10.9. The number of ether oxygens (including phenoxy) is 1. The van der Waals surface area contributed by atoms with Gasteiger partial charge in [-0.05, 0) is 78.7 Å². The number of fused-ring (bicyclic) bond motifs is 1. The van der Waals surface area contributed by atoms with E-state index in [0.717, 1.165) is 49.4 Å². The summed E-state index contributed by atoms with van der Waals surface area (Å²) in [6.07, 6.45) is 2.13. The van der Waals surface area contributed by atoms with Crippen LogP contribution in [0.5, 0.6) is 5.75 Å². The fourth-order valence-corrected chi connectivity index (χ4v) is 6.06. The van der Waals surface area contributed by atoms with Gasteiger partial charge >= 0.3 is 0 Å². The Morgan fingerprint density at radius 3 is 2.45 bits per heavy atom. The summed E-state index contributed by atoms with van der Waals surface area (Å²) in [5, 5.41) is 2.31. The molecule has 1 unspecified atom stereocenters. The van der Waals surface area contributed by atoms with Gasteiger partial charge < -0.3 is 9.64 Å². The summed E-state index contributed by atoms with van der Waals surface area (Å²) in [4.78, 5) is 40.7. The van der Waals surface area contributed by atoms with Crippen molar-refractivity contribution >= 4 is 17.7 Å². The van der Waals surface area contributed by atoms with Crippen LogP contribution in [0, 0.1) is 5.82 Å². The van der Waals surface area contributed by atoms with Crippen molar-refractivity contribution in [2.24, 2.45) is 0 Å². The second kappa shape index (κ2) is 11.2. The van der Waals surface area contributed by atoms with E-state index >= 15 is 4.39 Å². The predicted molar refractivity (Wildman–Crippen MR) is 147 cm³/mol. The number of likely N-dealkylation sites (tertiary alicyclic amines) is 1. The van der Waals surface area contributed by atoms with Crippen molar-refractivity contribution in [2.75, 3.05) is 13.1 Å². The van der Waals surface area contributed by atoms with Crippen LogP contribution in [0.2, 0.25) is 0 Å². The maximum Gasteiger partial charge on any atom is 0.255 e. The summed E-state index contributed by atoms with van der Waals surface area (Å²) < 4.78 is 21.2. The highest BCUT2D eigenvalue weighted by molar-refractivity contribution is 6.05. The van der Waals surface area contributed by atoms with E-state index in [2.05, 4.69) is 22.3 Å². The Morgan fingerprint density at radius 1 is 0.900 bits per heavy atom. The summed E-state index contributed by atoms with van der Waals surface area (Å²) >= 11 is 0. The molecule has 1 N–H and O–H groups in total. The fourth-order valence-electron chi connectivity index (χ4n) is 6.06. The van der Waals surface area contributed by atoms with E-state index in [1.54, 1.807) is 0 Å². The van der Waals surface area contributed by atoms with Crippen LogP contribution in [-0.4, -0.2) is 46.7 Å². The molecule has 0 spiro atoms. The molecule has 0 aromatic heterocycles. The Hall–Kier alpha value is -4.04. The van der Waals surface area contributed by atoms with Crippen molar-refractivity contribution in [3.8, 4) is 5.75 Å². The number of carbonyl (C=O) groups excluding carboxylic acids is 3. The smallest absolute Gasteiger partial charge is 0.255 e. The van der Waals surface area contributed by atoms with Crippen LogP contribution >= 0.6 is 0 Å². The molecule has 3 aromatic carbocycles. The second-order valence-corrected chi connectivity index (χ2v) is 10.9. The van der Waals surface area contributed by atoms with Crippen LogP contribution in [-0.2, 0) is 29.3 Å². The quantitative estimate of drug-likeness (QED) is 0.444. The van der Waals surface area contributed by atoms with E-state index in [9.17, 15) is 14.4 Å². The summed E-state index contributed by atoms with van der Waals surface area (Å²) in [5.41, 5.74) is 4.02. The number of hydrogen-bond donors (Lipinski definition) is 1. The van der Waals surface area contributed by atoms with Crippen molar-refractivity contribution in [1.29, 1.82) is 0 Å². The number of rotatable bonds is 7. The van der Waals surface area contributed by atoms with Crippen molar-refractivity contribution in [1.82, 2.24) is 15.1 Å². The van der Waals surface area contributed by atoms with E-state index in [4.69, 9.17) is 4.74 Å². The van der Waals surface area contributed by atoms with E-state index < -0.39 is 11.9 Å². The van der Waals surface area contributed by atoms with Crippen LogP contribution < -0.4 is 10.1 Å². The topological polar surface area (TPSA) is 79.0 Å². The molecule has 0 bridgehead atoms. The van der Waals surface area contributed by atoms with Gasteiger partial charge in [-0.3, -0.25) is 24.6 Å². The number of benzene rings is 3. The summed E-state index contributed by atoms with van der Waals surface area (Å²) in [6, 6.07) is 20.7. The molecular weight excluding hydrogens is 509 g/mol. The van der Waals surface area contributed by atoms with Crippen LogP contribution in [0.25, 0.3) is 0 Å². The van der Waals surface area contributed by atoms with E-state index in [1.807, 2.05) is 48.5 Å². The van der Waals surface area contributed by atoms with Crippen LogP contribution in [0.15, 0.2) is 66.7 Å². The van der Waals surface area contributed by atoms with Crippen LogP contribution in [0.3, 0.4) is 0 Å². The van der Waals surface area contributed by atoms with Gasteiger partial charge in [0.25, 0.3) is 5.91 Å². The molecule has 3 amide bonds. The zero-order chi connectivity index (χ0) is 27.6. The standard InChI is InChI=1S/C32H32FN3O4/c33-28-17-27-24(19-36(32(27)39)29-9-10-30(37)34-31(29)38)16-26(28)23-11-13-35(14-12-23)18-22-7-4-8-25(15-22)40-20-21-5-2-1-3-6-21/h1-8,15-17,23,29H,9-14,18-20H2,(H,34,37,38). The Labute approximate surface area is 232 Å². The Morgan fingerprint density at radius 2 is 1.68 bits per heavy atom. The molecule has 3 aliphatic heterocycles. The molecule has 8 heteroatoms. The lowest BCUT2D eigenvalue weighted by Gasteiger charge is -2.32. The fraction of sp³-hybridized carbons (Fsp3) is 0.344. The first-order chi connectivity index (χ1) is 19.4. The molecule has 0 radical (unpaired) electrons. The third kappa shape index (κ3) is 5.49. The lowest BCUT2D eigenvalue weighted by molar-refractivity contribution is -0.136. The van der Waals surface area contributed by atoms with Crippen molar-refractivity contribution < 1.29 is 23.5 Å². The molecule has 3 aromatic rings. The Balaban J connectivity index is 1.06. The summed E-state index contributed by atoms with van der Waals surface area (Å²) in [7, 11) is 0. The Bertz CT molecular complexity index is 1440. The number of hydrogen-bond acceptors (Lipinski definition) is 5. The van der Waals surface area contributed by atoms with Gasteiger partial charge in [0.2, 0.25) is 11.8 Å². The molecule has 206 valence electrons. The average molecular weight is 542 g/mol. The number of imide groups is 1. The monoisotopic (exact) mass is 541 g/mol. The van der Waals surface area contributed by atoms with Gasteiger partial charge in [0, 0.05) is 25.1 Å². The highest BCUT2D eigenvalue weighted by atomic mass is 19.1. The van der Waals surface area contributed by atoms with Gasteiger partial charge in [0.15, 0.2) is 0 Å². The minimum Gasteiger partial charge on any atom is -0.489 e. The highest BCUT2D eigenvalue weighted by Gasteiger charge is 2.40. The largest absolute Gasteiger partial charge is 0.489 e. The number of carbonyl (C=O) groups is 3. The molecule has 6 rings (SSSR count). The van der Waals surface area contributed by atoms with Gasteiger partial charge in [0.1, 0.15) is 24.2 Å². The van der Waals surface area contributed by atoms with Crippen LogP contribution in [0.1, 0.15) is 64.2 Å². The van der Waals surface area contributed by atoms with Gasteiger partial charge in [-0.25, -0.2) is 4.39 Å². The first-order valence-electron chi connectivity index (χ1n) is 13.9. The number of nitrogens with one attached hydrogen (secondary N) is 1. The molecule has 0 saturated carbocycles. The highest BCUT2D eigenvalue weighted by Crippen LogP contribution is 2.35. The van der Waals surface area contributed by atoms with Gasteiger partial charge in [-0.2, -0.15) is 0 Å². The third-order valence-electron chi connectivity index (χ3n) is 8.22. The number of amides is 3. The lowest BCUT2D eigenvalue weighted by Crippen LogP contribution is -2.52. The van der Waals surface area contributed by atoms with Gasteiger partial charge in [-0.1, -0.05) is 48.5 Å². The molecule has 7 nitrogen and oxygen atoms in total. The van der Waals surface area contributed by atoms with Crippen molar-refractivity contribution in [3.05, 3.63) is 100 Å². The average Bonchev–Trinajstić information content (AvgIpc) is 3.27. The Kier molecular flexibility index (Phi) is 7.34. The molecular formula is C32H32FN3O4. The predicted octanol–water partition coefficient (Wildman–Crippen LogP) is 4.55. The van der Waals surface area contributed by atoms with Gasteiger partial charge in [-0.15, -0.1) is 0 Å². The lowest BCUT2D eigenvalue weighted by atomic mass is 9.87. The van der Waals surface area contributed by atoms with Crippen LogP contribution in [0.4, 0.5) is 4.39 Å². The molecule has 3 aliphatic rings. The molecule has 3 heterocycles. The van der Waals surface area contributed by atoms with Crippen molar-refractivity contribution in [2.45, 2.75) is 57.3 Å². The SMILES string of the molecule is O=C1CCC(N2Cc3cc(C4CCN(Cc5cccc(OCc6ccccc6)c5)CC4)c(F)cc3C2=O)C(=O)N1. The summed E-state index contributed by atoms with van der Waals surface area (Å²) in [6.45, 7) is 3.28.